The van der Waals surface area contributed by atoms with Gasteiger partial charge in [-0.2, -0.15) is 0 Å². The van der Waals surface area contributed by atoms with Crippen molar-refractivity contribution in [3.63, 3.8) is 0 Å². The highest BCUT2D eigenvalue weighted by molar-refractivity contribution is 7.80. The molecule has 0 aliphatic carbocycles. The first kappa shape index (κ1) is 25.0. The number of thiocarbonyl (C=S) groups is 1. The number of hydrogen-bond acceptors (Lipinski definition) is 4. The number of carbonyl (C=O) groups excluding carboxylic acids is 1. The van der Waals surface area contributed by atoms with Crippen LogP contribution in [0.1, 0.15) is 48.0 Å². The van der Waals surface area contributed by atoms with Gasteiger partial charge in [0.15, 0.2) is 5.11 Å². The Bertz CT molecular complexity index is 1470. The molecule has 8 heteroatoms. The second kappa shape index (κ2) is 10.4. The van der Waals surface area contributed by atoms with Crippen molar-refractivity contribution >= 4 is 46.2 Å². The molecular formula is C29H27ClN4O2S. The summed E-state index contributed by atoms with van der Waals surface area (Å²) >= 11 is 12.1. The summed E-state index contributed by atoms with van der Waals surface area (Å²) in [6.07, 6.45) is 2.19. The third kappa shape index (κ3) is 4.97. The summed E-state index contributed by atoms with van der Waals surface area (Å²) in [4.78, 5) is 18.6. The Labute approximate surface area is 226 Å². The quantitative estimate of drug-likeness (QED) is 0.258. The molecule has 5 rings (SSSR count). The Hall–Kier alpha value is -3.68. The fourth-order valence-electron chi connectivity index (χ4n) is 4.61. The van der Waals surface area contributed by atoms with Crippen LogP contribution in [0.4, 0.5) is 11.4 Å². The van der Waals surface area contributed by atoms with Crippen LogP contribution in [-0.2, 0) is 4.79 Å². The van der Waals surface area contributed by atoms with E-state index >= 15 is 0 Å². The molecule has 1 aliphatic rings. The number of amides is 1. The van der Waals surface area contributed by atoms with Gasteiger partial charge < -0.3 is 20.0 Å². The smallest absolute Gasteiger partial charge is 0.224 e. The predicted octanol–water partition coefficient (Wildman–Crippen LogP) is 7.14. The van der Waals surface area contributed by atoms with E-state index < -0.39 is 0 Å². The second-order valence-electron chi connectivity index (χ2n) is 9.06. The molecule has 0 bridgehead atoms. The van der Waals surface area contributed by atoms with Gasteiger partial charge in [0.25, 0.3) is 0 Å². The van der Waals surface area contributed by atoms with Gasteiger partial charge in [0.05, 0.1) is 11.7 Å². The van der Waals surface area contributed by atoms with Crippen LogP contribution < -0.4 is 15.5 Å². The monoisotopic (exact) mass is 530 g/mol. The first-order valence-corrected chi connectivity index (χ1v) is 12.9. The highest BCUT2D eigenvalue weighted by atomic mass is 35.5. The lowest BCUT2D eigenvalue weighted by atomic mass is 10.0. The van der Waals surface area contributed by atoms with Crippen LogP contribution in [0.25, 0.3) is 11.3 Å². The molecule has 1 saturated heterocycles. The van der Waals surface area contributed by atoms with Crippen LogP contribution >= 0.6 is 23.8 Å². The minimum absolute atomic E-state index is 0.0262. The number of halogens is 1. The number of aryl methyl sites for hydroxylation is 2. The van der Waals surface area contributed by atoms with E-state index in [2.05, 4.69) is 20.5 Å². The van der Waals surface area contributed by atoms with E-state index in [0.29, 0.717) is 16.6 Å². The Morgan fingerprint density at radius 3 is 2.68 bits per heavy atom. The molecular weight excluding hydrogens is 504 g/mol. The molecule has 2 unspecified atom stereocenters. The largest absolute Gasteiger partial charge is 0.459 e. The zero-order valence-electron chi connectivity index (χ0n) is 20.8. The van der Waals surface area contributed by atoms with Crippen molar-refractivity contribution in [1.82, 2.24) is 10.3 Å². The summed E-state index contributed by atoms with van der Waals surface area (Å²) in [7, 11) is 0. The van der Waals surface area contributed by atoms with Crippen LogP contribution in [0.5, 0.6) is 0 Å². The number of carbonyl (C=O) groups is 1. The Balaban J connectivity index is 1.58. The van der Waals surface area contributed by atoms with E-state index in [1.165, 1.54) is 0 Å². The van der Waals surface area contributed by atoms with Crippen molar-refractivity contribution in [2.24, 2.45) is 0 Å². The fraction of sp³-hybridized carbons (Fsp3) is 0.207. The van der Waals surface area contributed by atoms with Crippen molar-refractivity contribution in [1.29, 1.82) is 0 Å². The molecule has 188 valence electrons. The van der Waals surface area contributed by atoms with Gasteiger partial charge in [-0.1, -0.05) is 30.7 Å². The summed E-state index contributed by atoms with van der Waals surface area (Å²) in [5, 5.41) is 7.63. The third-order valence-electron chi connectivity index (χ3n) is 6.56. The van der Waals surface area contributed by atoms with E-state index in [9.17, 15) is 4.79 Å². The first-order valence-electron chi connectivity index (χ1n) is 12.1. The summed E-state index contributed by atoms with van der Waals surface area (Å²) in [6.45, 7) is 5.84. The van der Waals surface area contributed by atoms with Crippen molar-refractivity contribution in [3.8, 4) is 11.3 Å². The zero-order chi connectivity index (χ0) is 26.1. The van der Waals surface area contributed by atoms with Crippen molar-refractivity contribution in [2.75, 3.05) is 10.2 Å². The van der Waals surface area contributed by atoms with Gasteiger partial charge >= 0.3 is 0 Å². The molecule has 0 spiro atoms. The number of hydrogen-bond donors (Lipinski definition) is 2. The molecule has 4 aromatic rings. The van der Waals surface area contributed by atoms with Crippen LogP contribution in [0.2, 0.25) is 5.02 Å². The minimum Gasteiger partial charge on any atom is -0.459 e. The SMILES string of the molecule is CCC(=O)Nc1ccc(N2C(=S)NC(c3ccccn3)C2c2ccc(-c3cc(Cl)ccc3C)o2)cc1C. The molecule has 1 aliphatic heterocycles. The zero-order valence-corrected chi connectivity index (χ0v) is 22.4. The first-order chi connectivity index (χ1) is 17.9. The number of rotatable bonds is 6. The molecule has 2 aromatic heterocycles. The molecule has 6 nitrogen and oxygen atoms in total. The normalized spacial score (nSPS) is 17.1. The average molecular weight is 531 g/mol. The number of aromatic nitrogens is 1. The highest BCUT2D eigenvalue weighted by Crippen LogP contribution is 2.43. The van der Waals surface area contributed by atoms with Gasteiger partial charge in [0.1, 0.15) is 17.6 Å². The van der Waals surface area contributed by atoms with Crippen LogP contribution in [0.3, 0.4) is 0 Å². The standard InChI is InChI=1S/C29H27ClN4O2S/c1-4-26(35)32-22-11-10-20(15-18(22)3)34-28(27(33-29(34)37)23-7-5-6-14-31-23)25-13-12-24(36-25)21-16-19(30)9-8-17(21)2/h5-16,27-28H,4H2,1-3H3,(H,32,35)(H,33,37). The maximum absolute atomic E-state index is 11.9. The molecule has 0 radical (unpaired) electrons. The lowest BCUT2D eigenvalue weighted by molar-refractivity contribution is -0.115. The molecule has 2 N–H and O–H groups in total. The van der Waals surface area contributed by atoms with E-state index in [-0.39, 0.29) is 18.0 Å². The van der Waals surface area contributed by atoms with E-state index in [1.54, 1.807) is 6.20 Å². The molecule has 2 aromatic carbocycles. The summed E-state index contributed by atoms with van der Waals surface area (Å²) in [5.74, 6) is 1.46. The fourth-order valence-corrected chi connectivity index (χ4v) is 5.13. The van der Waals surface area contributed by atoms with Crippen LogP contribution in [-0.4, -0.2) is 16.0 Å². The van der Waals surface area contributed by atoms with Crippen LogP contribution in [0.15, 0.2) is 77.3 Å². The lowest BCUT2D eigenvalue weighted by Crippen LogP contribution is -2.29. The van der Waals surface area contributed by atoms with Gasteiger partial charge in [0, 0.05) is 34.6 Å². The summed E-state index contributed by atoms with van der Waals surface area (Å²) < 4.78 is 6.48. The van der Waals surface area contributed by atoms with Crippen LogP contribution in [0, 0.1) is 13.8 Å². The highest BCUT2D eigenvalue weighted by Gasteiger charge is 2.42. The third-order valence-corrected chi connectivity index (χ3v) is 7.11. The number of nitrogens with one attached hydrogen (secondary N) is 2. The van der Waals surface area contributed by atoms with Gasteiger partial charge in [-0.15, -0.1) is 0 Å². The maximum atomic E-state index is 11.9. The molecule has 1 amide bonds. The number of anilines is 2. The number of nitrogens with zero attached hydrogens (tertiary/aromatic N) is 2. The van der Waals surface area contributed by atoms with Gasteiger partial charge in [-0.25, -0.2) is 0 Å². The van der Waals surface area contributed by atoms with Gasteiger partial charge in [0.2, 0.25) is 5.91 Å². The van der Waals surface area contributed by atoms with E-state index in [1.807, 2.05) is 87.5 Å². The number of furan rings is 1. The Morgan fingerprint density at radius 1 is 1.11 bits per heavy atom. The molecule has 0 saturated carbocycles. The van der Waals surface area contributed by atoms with E-state index in [4.69, 9.17) is 28.2 Å². The minimum atomic E-state index is -0.286. The topological polar surface area (TPSA) is 70.4 Å². The maximum Gasteiger partial charge on any atom is 0.224 e. The van der Waals surface area contributed by atoms with E-state index in [0.717, 1.165) is 45.3 Å². The lowest BCUT2D eigenvalue weighted by Gasteiger charge is -2.27. The van der Waals surface area contributed by atoms with Crippen molar-refractivity contribution in [2.45, 2.75) is 39.3 Å². The Morgan fingerprint density at radius 2 is 1.95 bits per heavy atom. The molecule has 2 atom stereocenters. The molecule has 3 heterocycles. The number of benzene rings is 2. The van der Waals surface area contributed by atoms with Gasteiger partial charge in [-0.3, -0.25) is 9.78 Å². The molecule has 1 fully saturated rings. The number of pyridine rings is 1. The van der Waals surface area contributed by atoms with Crippen molar-refractivity contribution in [3.05, 3.63) is 101 Å². The summed E-state index contributed by atoms with van der Waals surface area (Å²) in [5.41, 5.74) is 5.49. The Kier molecular flexibility index (Phi) is 7.00. The second-order valence-corrected chi connectivity index (χ2v) is 9.88. The van der Waals surface area contributed by atoms with Gasteiger partial charge in [-0.05, 0) is 91.8 Å². The van der Waals surface area contributed by atoms with Crippen molar-refractivity contribution < 1.29 is 9.21 Å². The predicted molar refractivity (Wildman–Crippen MR) is 152 cm³/mol. The molecule has 37 heavy (non-hydrogen) atoms. The average Bonchev–Trinajstić information content (AvgIpc) is 3.51. The summed E-state index contributed by atoms with van der Waals surface area (Å²) in [6, 6.07) is 21.0.